The van der Waals surface area contributed by atoms with Gasteiger partial charge in [0, 0.05) is 6.04 Å². The second-order valence-electron chi connectivity index (χ2n) is 3.85. The third kappa shape index (κ3) is 1.68. The number of nitrogens with two attached hydrogens (primary N) is 2. The Morgan fingerprint density at radius 2 is 2.07 bits per heavy atom. The van der Waals surface area contributed by atoms with E-state index in [1.54, 1.807) is 0 Å². The maximum Gasteiger partial charge on any atom is 0.0596 e. The largest absolute Gasteiger partial charge is 0.397 e. The van der Waals surface area contributed by atoms with Crippen LogP contribution in [0.2, 0.25) is 0 Å². The van der Waals surface area contributed by atoms with Gasteiger partial charge in [-0.15, -0.1) is 0 Å². The molecule has 1 atom stereocenters. The van der Waals surface area contributed by atoms with Crippen molar-refractivity contribution in [1.29, 1.82) is 0 Å². The molecular weight excluding hydrogens is 174 g/mol. The Bertz CT molecular complexity index is 316. The van der Waals surface area contributed by atoms with Crippen molar-refractivity contribution in [1.82, 2.24) is 5.32 Å². The first-order chi connectivity index (χ1) is 6.79. The molecule has 1 unspecified atom stereocenters. The fraction of sp³-hybridized carbons (Fsp3) is 0.455. The van der Waals surface area contributed by atoms with Crippen molar-refractivity contribution in [3.05, 3.63) is 23.8 Å². The van der Waals surface area contributed by atoms with Crippen molar-refractivity contribution >= 4 is 11.4 Å². The molecule has 0 aromatic heterocycles. The second-order valence-corrected chi connectivity index (χ2v) is 3.85. The highest BCUT2D eigenvalue weighted by Gasteiger charge is 2.17. The molecule has 1 aliphatic heterocycles. The number of rotatable bonds is 1. The SMILES string of the molecule is Nc1cccc(C2CCCCN2)c1N. The van der Waals surface area contributed by atoms with Crippen molar-refractivity contribution < 1.29 is 0 Å². The molecule has 0 amide bonds. The fourth-order valence-electron chi connectivity index (χ4n) is 2.02. The normalized spacial score (nSPS) is 22.1. The Labute approximate surface area is 84.5 Å². The summed E-state index contributed by atoms with van der Waals surface area (Å²) in [5.74, 6) is 0. The van der Waals surface area contributed by atoms with Gasteiger partial charge in [0.15, 0.2) is 0 Å². The number of anilines is 2. The number of benzene rings is 1. The summed E-state index contributed by atoms with van der Waals surface area (Å²) in [6, 6.07) is 6.28. The molecule has 0 aliphatic carbocycles. The number of para-hydroxylation sites is 1. The molecule has 0 spiro atoms. The molecule has 1 heterocycles. The van der Waals surface area contributed by atoms with Crippen LogP contribution in [0.3, 0.4) is 0 Å². The third-order valence-electron chi connectivity index (χ3n) is 2.86. The Morgan fingerprint density at radius 3 is 2.79 bits per heavy atom. The minimum absolute atomic E-state index is 0.396. The van der Waals surface area contributed by atoms with E-state index in [0.29, 0.717) is 11.7 Å². The van der Waals surface area contributed by atoms with Crippen LogP contribution in [0, 0.1) is 0 Å². The predicted octanol–water partition coefficient (Wildman–Crippen LogP) is 1.67. The van der Waals surface area contributed by atoms with E-state index in [-0.39, 0.29) is 0 Å². The lowest BCUT2D eigenvalue weighted by Crippen LogP contribution is -2.27. The first kappa shape index (κ1) is 9.34. The zero-order chi connectivity index (χ0) is 9.97. The zero-order valence-corrected chi connectivity index (χ0v) is 8.29. The van der Waals surface area contributed by atoms with Gasteiger partial charge in [-0.2, -0.15) is 0 Å². The molecule has 3 heteroatoms. The van der Waals surface area contributed by atoms with Crippen LogP contribution in [0.25, 0.3) is 0 Å². The molecule has 1 fully saturated rings. The average Bonchev–Trinajstić information content (AvgIpc) is 2.23. The number of hydrogen-bond donors (Lipinski definition) is 3. The molecular formula is C11H17N3. The number of nitrogen functional groups attached to an aromatic ring is 2. The maximum absolute atomic E-state index is 5.95. The van der Waals surface area contributed by atoms with E-state index >= 15 is 0 Å². The highest BCUT2D eigenvalue weighted by Crippen LogP contribution is 2.30. The van der Waals surface area contributed by atoms with Gasteiger partial charge in [-0.25, -0.2) is 0 Å². The van der Waals surface area contributed by atoms with Crippen LogP contribution < -0.4 is 16.8 Å². The van der Waals surface area contributed by atoms with Crippen LogP contribution in [0.1, 0.15) is 30.9 Å². The standard InChI is InChI=1S/C11H17N3/c12-9-5-3-4-8(11(9)13)10-6-1-2-7-14-10/h3-5,10,14H,1-2,6-7,12-13H2. The summed E-state index contributed by atoms with van der Waals surface area (Å²) in [7, 11) is 0. The molecule has 2 rings (SSSR count). The van der Waals surface area contributed by atoms with E-state index in [1.165, 1.54) is 12.8 Å². The molecule has 1 aliphatic rings. The topological polar surface area (TPSA) is 64.1 Å². The molecule has 0 radical (unpaired) electrons. The van der Waals surface area contributed by atoms with Crippen LogP contribution in [0.15, 0.2) is 18.2 Å². The number of piperidine rings is 1. The minimum Gasteiger partial charge on any atom is -0.397 e. The third-order valence-corrected chi connectivity index (χ3v) is 2.86. The molecule has 0 bridgehead atoms. The van der Waals surface area contributed by atoms with Crippen LogP contribution in [-0.2, 0) is 0 Å². The minimum atomic E-state index is 0.396. The van der Waals surface area contributed by atoms with E-state index in [2.05, 4.69) is 11.4 Å². The highest BCUT2D eigenvalue weighted by atomic mass is 14.9. The maximum atomic E-state index is 5.95. The van der Waals surface area contributed by atoms with Gasteiger partial charge in [-0.05, 0) is 31.0 Å². The van der Waals surface area contributed by atoms with E-state index in [4.69, 9.17) is 11.5 Å². The van der Waals surface area contributed by atoms with Gasteiger partial charge < -0.3 is 16.8 Å². The van der Waals surface area contributed by atoms with E-state index < -0.39 is 0 Å². The summed E-state index contributed by atoms with van der Waals surface area (Å²) in [5, 5.41) is 3.47. The van der Waals surface area contributed by atoms with Crippen molar-refractivity contribution in [2.45, 2.75) is 25.3 Å². The van der Waals surface area contributed by atoms with E-state index in [0.717, 1.165) is 24.2 Å². The Hall–Kier alpha value is -1.22. The molecule has 1 aromatic carbocycles. The summed E-state index contributed by atoms with van der Waals surface area (Å²) in [6.07, 6.45) is 3.69. The van der Waals surface area contributed by atoms with Gasteiger partial charge in [-0.1, -0.05) is 18.6 Å². The van der Waals surface area contributed by atoms with Crippen molar-refractivity contribution in [3.8, 4) is 0 Å². The Kier molecular flexibility index (Phi) is 2.59. The second kappa shape index (κ2) is 3.88. The smallest absolute Gasteiger partial charge is 0.0596 e. The lowest BCUT2D eigenvalue weighted by molar-refractivity contribution is 0.413. The average molecular weight is 191 g/mol. The lowest BCUT2D eigenvalue weighted by atomic mass is 9.96. The Balaban J connectivity index is 2.26. The van der Waals surface area contributed by atoms with Crippen LogP contribution in [0.5, 0.6) is 0 Å². The van der Waals surface area contributed by atoms with E-state index in [9.17, 15) is 0 Å². The fourth-order valence-corrected chi connectivity index (χ4v) is 2.02. The van der Waals surface area contributed by atoms with Crippen molar-refractivity contribution in [3.63, 3.8) is 0 Å². The summed E-state index contributed by atoms with van der Waals surface area (Å²) in [4.78, 5) is 0. The predicted molar refractivity (Wildman–Crippen MR) is 59.9 cm³/mol. The number of hydrogen-bond acceptors (Lipinski definition) is 3. The molecule has 76 valence electrons. The number of nitrogens with one attached hydrogen (secondary N) is 1. The van der Waals surface area contributed by atoms with Gasteiger partial charge in [0.05, 0.1) is 11.4 Å². The van der Waals surface area contributed by atoms with Crippen molar-refractivity contribution in [2.75, 3.05) is 18.0 Å². The van der Waals surface area contributed by atoms with Crippen LogP contribution >= 0.6 is 0 Å². The molecule has 5 N–H and O–H groups in total. The molecule has 0 saturated carbocycles. The lowest BCUT2D eigenvalue weighted by Gasteiger charge is -2.25. The summed E-state index contributed by atoms with van der Waals surface area (Å²) in [5.41, 5.74) is 14.3. The zero-order valence-electron chi connectivity index (χ0n) is 8.29. The Morgan fingerprint density at radius 1 is 1.21 bits per heavy atom. The molecule has 1 saturated heterocycles. The van der Waals surface area contributed by atoms with E-state index in [1.807, 2.05) is 12.1 Å². The first-order valence-electron chi connectivity index (χ1n) is 5.16. The first-order valence-corrected chi connectivity index (χ1v) is 5.16. The van der Waals surface area contributed by atoms with Gasteiger partial charge in [0.2, 0.25) is 0 Å². The highest BCUT2D eigenvalue weighted by molar-refractivity contribution is 5.67. The van der Waals surface area contributed by atoms with Gasteiger partial charge in [0.1, 0.15) is 0 Å². The van der Waals surface area contributed by atoms with Gasteiger partial charge in [0.25, 0.3) is 0 Å². The molecule has 1 aromatic rings. The van der Waals surface area contributed by atoms with Crippen molar-refractivity contribution in [2.24, 2.45) is 0 Å². The van der Waals surface area contributed by atoms with Gasteiger partial charge in [-0.3, -0.25) is 0 Å². The summed E-state index contributed by atoms with van der Waals surface area (Å²) < 4.78 is 0. The monoisotopic (exact) mass is 191 g/mol. The van der Waals surface area contributed by atoms with Gasteiger partial charge >= 0.3 is 0 Å². The summed E-state index contributed by atoms with van der Waals surface area (Å²) in [6.45, 7) is 1.08. The summed E-state index contributed by atoms with van der Waals surface area (Å²) >= 11 is 0. The van der Waals surface area contributed by atoms with Crippen LogP contribution in [-0.4, -0.2) is 6.54 Å². The molecule has 3 nitrogen and oxygen atoms in total. The van der Waals surface area contributed by atoms with Crippen LogP contribution in [0.4, 0.5) is 11.4 Å². The molecule has 14 heavy (non-hydrogen) atoms. The quantitative estimate of drug-likeness (QED) is 0.592.